The molecule has 2 aliphatic rings. The van der Waals surface area contributed by atoms with Crippen LogP contribution in [0.25, 0.3) is 6.08 Å². The molecule has 0 aliphatic heterocycles. The highest BCUT2D eigenvalue weighted by Gasteiger charge is 2.27. The van der Waals surface area contributed by atoms with E-state index in [0.717, 1.165) is 56.9 Å². The van der Waals surface area contributed by atoms with Crippen LogP contribution in [0, 0.1) is 30.3 Å². The Kier molecular flexibility index (Phi) is 6.65. The van der Waals surface area contributed by atoms with Crippen LogP contribution >= 0.6 is 0 Å². The second-order valence-corrected chi connectivity index (χ2v) is 9.19. The third-order valence-electron chi connectivity index (χ3n) is 7.16. The molecule has 2 aliphatic carbocycles. The van der Waals surface area contributed by atoms with Crippen LogP contribution in [0.4, 0.5) is 13.2 Å². The van der Waals surface area contributed by atoms with Crippen molar-refractivity contribution in [3.63, 3.8) is 0 Å². The minimum atomic E-state index is -0.618. The first-order valence-corrected chi connectivity index (χ1v) is 11.4. The van der Waals surface area contributed by atoms with Crippen molar-refractivity contribution in [3.05, 3.63) is 76.1 Å². The van der Waals surface area contributed by atoms with Crippen LogP contribution in [0.5, 0.6) is 0 Å². The number of hydrogen-bond donors (Lipinski definition) is 0. The van der Waals surface area contributed by atoms with Gasteiger partial charge in [-0.1, -0.05) is 55.7 Å². The minimum Gasteiger partial charge on any atom is -0.207 e. The van der Waals surface area contributed by atoms with Crippen molar-refractivity contribution in [1.82, 2.24) is 0 Å². The summed E-state index contributed by atoms with van der Waals surface area (Å²) in [6, 6.07) is 8.97. The summed E-state index contributed by atoms with van der Waals surface area (Å²) in [4.78, 5) is 0. The first-order chi connectivity index (χ1) is 14.5. The molecule has 2 aromatic rings. The molecule has 160 valence electrons. The number of halogens is 3. The molecule has 0 atom stereocenters. The monoisotopic (exact) mass is 412 g/mol. The molecule has 0 spiro atoms. The highest BCUT2D eigenvalue weighted by molar-refractivity contribution is 5.50. The van der Waals surface area contributed by atoms with E-state index >= 15 is 0 Å². The van der Waals surface area contributed by atoms with Crippen molar-refractivity contribution in [2.45, 2.75) is 76.5 Å². The third-order valence-corrected chi connectivity index (χ3v) is 7.16. The average molecular weight is 413 g/mol. The van der Waals surface area contributed by atoms with Crippen molar-refractivity contribution >= 4 is 6.08 Å². The maximum atomic E-state index is 14.9. The van der Waals surface area contributed by atoms with Gasteiger partial charge in [-0.25, -0.2) is 13.2 Å². The van der Waals surface area contributed by atoms with Crippen LogP contribution in [0.3, 0.4) is 0 Å². The number of aryl methyl sites for hydroxylation is 1. The Morgan fingerprint density at radius 1 is 0.733 bits per heavy atom. The van der Waals surface area contributed by atoms with Crippen molar-refractivity contribution < 1.29 is 13.2 Å². The quantitative estimate of drug-likeness (QED) is 0.472. The molecule has 0 radical (unpaired) electrons. The zero-order chi connectivity index (χ0) is 21.1. The summed E-state index contributed by atoms with van der Waals surface area (Å²) in [6.07, 6.45) is 13.1. The van der Waals surface area contributed by atoms with Gasteiger partial charge in [-0.05, 0) is 91.5 Å². The smallest absolute Gasteiger partial charge is 0.162 e. The molecule has 0 bridgehead atoms. The summed E-state index contributed by atoms with van der Waals surface area (Å²) in [5.74, 6) is -0.749. The van der Waals surface area contributed by atoms with Crippen LogP contribution in [-0.2, 0) is 0 Å². The minimum absolute atomic E-state index is 0.0846. The SMILES string of the molecule is Cc1ccc(/C=C/C2CCC(c3ccc(C4CCCCC4)c(F)c3F)CC2)cc1F. The van der Waals surface area contributed by atoms with Crippen LogP contribution in [0.15, 0.2) is 36.4 Å². The Balaban J connectivity index is 1.39. The van der Waals surface area contributed by atoms with Crippen molar-refractivity contribution in [2.24, 2.45) is 5.92 Å². The fourth-order valence-corrected chi connectivity index (χ4v) is 5.21. The van der Waals surface area contributed by atoms with Gasteiger partial charge in [0.1, 0.15) is 5.82 Å². The van der Waals surface area contributed by atoms with Gasteiger partial charge in [0.15, 0.2) is 11.6 Å². The van der Waals surface area contributed by atoms with Crippen molar-refractivity contribution in [3.8, 4) is 0 Å². The molecule has 0 heterocycles. The second-order valence-electron chi connectivity index (χ2n) is 9.19. The van der Waals surface area contributed by atoms with E-state index in [1.165, 1.54) is 6.42 Å². The lowest BCUT2D eigenvalue weighted by Gasteiger charge is -2.28. The fourth-order valence-electron chi connectivity index (χ4n) is 5.21. The standard InChI is InChI=1S/C27H31F3/c1-18-7-8-20(17-25(18)28)10-9-19-11-13-22(14-12-19)24-16-15-23(26(29)27(24)30)21-5-3-2-4-6-21/h7-10,15-17,19,21-22H,2-6,11-14H2,1H3/b10-9+. The summed E-state index contributed by atoms with van der Waals surface area (Å²) in [6.45, 7) is 1.76. The Hall–Kier alpha value is -2.03. The molecule has 0 aromatic heterocycles. The van der Waals surface area contributed by atoms with Gasteiger partial charge in [-0.2, -0.15) is 0 Å². The summed E-state index contributed by atoms with van der Waals surface area (Å²) in [5, 5.41) is 0. The molecule has 30 heavy (non-hydrogen) atoms. The van der Waals surface area contributed by atoms with E-state index in [4.69, 9.17) is 0 Å². The molecule has 0 unspecified atom stereocenters. The summed E-state index contributed by atoms with van der Waals surface area (Å²) >= 11 is 0. The van der Waals surface area contributed by atoms with Crippen molar-refractivity contribution in [1.29, 1.82) is 0 Å². The molecular weight excluding hydrogens is 381 g/mol. The third kappa shape index (κ3) is 4.66. The number of benzene rings is 2. The van der Waals surface area contributed by atoms with E-state index in [2.05, 4.69) is 6.08 Å². The highest BCUT2D eigenvalue weighted by Crippen LogP contribution is 2.40. The van der Waals surface area contributed by atoms with Crippen molar-refractivity contribution in [2.75, 3.05) is 0 Å². The lowest BCUT2D eigenvalue weighted by molar-refractivity contribution is 0.361. The van der Waals surface area contributed by atoms with Gasteiger partial charge in [0.25, 0.3) is 0 Å². The first kappa shape index (κ1) is 21.2. The molecule has 0 nitrogen and oxygen atoms in total. The second kappa shape index (κ2) is 9.41. The van der Waals surface area contributed by atoms with Gasteiger partial charge in [0, 0.05) is 0 Å². The maximum Gasteiger partial charge on any atom is 0.162 e. The van der Waals surface area contributed by atoms with Gasteiger partial charge < -0.3 is 0 Å². The van der Waals surface area contributed by atoms with Gasteiger partial charge in [0.05, 0.1) is 0 Å². The highest BCUT2D eigenvalue weighted by atomic mass is 19.2. The summed E-state index contributed by atoms with van der Waals surface area (Å²) in [5.41, 5.74) is 2.65. The predicted molar refractivity (Wildman–Crippen MR) is 117 cm³/mol. The molecule has 2 saturated carbocycles. The van der Waals surface area contributed by atoms with E-state index in [1.54, 1.807) is 19.1 Å². The zero-order valence-electron chi connectivity index (χ0n) is 17.8. The number of rotatable bonds is 4. The molecular formula is C27H31F3. The lowest BCUT2D eigenvalue weighted by atomic mass is 9.77. The summed E-state index contributed by atoms with van der Waals surface area (Å²) in [7, 11) is 0. The van der Waals surface area contributed by atoms with Crippen LogP contribution in [-0.4, -0.2) is 0 Å². The van der Waals surface area contributed by atoms with E-state index in [9.17, 15) is 13.2 Å². The predicted octanol–water partition coefficient (Wildman–Crippen LogP) is 8.45. The summed E-state index contributed by atoms with van der Waals surface area (Å²) < 4.78 is 43.4. The van der Waals surface area contributed by atoms with E-state index in [0.29, 0.717) is 22.6 Å². The normalized spacial score (nSPS) is 23.2. The molecule has 3 heteroatoms. The van der Waals surface area contributed by atoms with Crippen LogP contribution < -0.4 is 0 Å². The largest absolute Gasteiger partial charge is 0.207 e. The van der Waals surface area contributed by atoms with Gasteiger partial charge >= 0.3 is 0 Å². The Labute approximate surface area is 178 Å². The zero-order valence-corrected chi connectivity index (χ0v) is 17.8. The number of hydrogen-bond acceptors (Lipinski definition) is 0. The van der Waals surface area contributed by atoms with E-state index in [1.807, 2.05) is 24.3 Å². The molecule has 4 rings (SSSR count). The Morgan fingerprint density at radius 3 is 1.93 bits per heavy atom. The van der Waals surface area contributed by atoms with E-state index < -0.39 is 11.6 Å². The topological polar surface area (TPSA) is 0 Å². The van der Waals surface area contributed by atoms with E-state index in [-0.39, 0.29) is 17.7 Å². The van der Waals surface area contributed by atoms with Gasteiger partial charge in [0.2, 0.25) is 0 Å². The average Bonchev–Trinajstić information content (AvgIpc) is 2.77. The molecule has 0 N–H and O–H groups in total. The molecule has 0 saturated heterocycles. The van der Waals surface area contributed by atoms with Gasteiger partial charge in [-0.3, -0.25) is 0 Å². The molecule has 2 aromatic carbocycles. The Bertz CT molecular complexity index is 901. The van der Waals surface area contributed by atoms with Crippen LogP contribution in [0.2, 0.25) is 0 Å². The van der Waals surface area contributed by atoms with Gasteiger partial charge in [-0.15, -0.1) is 0 Å². The van der Waals surface area contributed by atoms with Crippen LogP contribution in [0.1, 0.15) is 91.9 Å². The Morgan fingerprint density at radius 2 is 1.33 bits per heavy atom. The maximum absolute atomic E-state index is 14.9. The first-order valence-electron chi connectivity index (χ1n) is 11.4. The fraction of sp³-hybridized carbons (Fsp3) is 0.481. The lowest BCUT2D eigenvalue weighted by Crippen LogP contribution is -2.15. The molecule has 2 fully saturated rings. The molecule has 0 amide bonds. The number of allylic oxidation sites excluding steroid dienone is 1.